The molecule has 0 rings (SSSR count). The van der Waals surface area contributed by atoms with Gasteiger partial charge in [0.2, 0.25) is 0 Å². The van der Waals surface area contributed by atoms with E-state index in [0.29, 0.717) is 0 Å². The Morgan fingerprint density at radius 3 is 2.31 bits per heavy atom. The van der Waals surface area contributed by atoms with Gasteiger partial charge >= 0.3 is 11.9 Å². The molecule has 1 unspecified atom stereocenters. The van der Waals surface area contributed by atoms with Crippen molar-refractivity contribution in [3.05, 3.63) is 0 Å². The van der Waals surface area contributed by atoms with E-state index >= 15 is 0 Å². The molecule has 1 atom stereocenters. The van der Waals surface area contributed by atoms with Crippen LogP contribution in [0.15, 0.2) is 0 Å². The zero-order valence-electron chi connectivity index (χ0n) is 7.27. The Kier molecular flexibility index (Phi) is 5.13. The number of rotatable bonds is 5. The van der Waals surface area contributed by atoms with Gasteiger partial charge in [-0.3, -0.25) is 14.4 Å². The highest BCUT2D eigenvalue weighted by atomic mass is 32.2. The van der Waals surface area contributed by atoms with Crippen LogP contribution in [0.1, 0.15) is 6.92 Å². The van der Waals surface area contributed by atoms with Gasteiger partial charge in [0.15, 0.2) is 11.0 Å². The van der Waals surface area contributed by atoms with E-state index in [-0.39, 0.29) is 5.75 Å². The molecule has 0 aromatic heterocycles. The number of methoxy groups -OCH3 is 1. The number of thioether (sulfide) groups is 1. The first-order chi connectivity index (χ1) is 5.99. The number of aliphatic carboxylic acids is 1. The lowest BCUT2D eigenvalue weighted by Gasteiger charge is -2.08. The highest BCUT2D eigenvalue weighted by Crippen LogP contribution is 2.13. The molecule has 0 spiro atoms. The highest BCUT2D eigenvalue weighted by Gasteiger charge is 2.25. The third-order valence-electron chi connectivity index (χ3n) is 1.16. The van der Waals surface area contributed by atoms with Gasteiger partial charge in [0.05, 0.1) is 12.9 Å². The van der Waals surface area contributed by atoms with Crippen LogP contribution >= 0.6 is 11.8 Å². The Labute approximate surface area is 79.4 Å². The van der Waals surface area contributed by atoms with Crippen LogP contribution in [0.3, 0.4) is 0 Å². The number of ketones is 1. The number of hydrogen-bond acceptors (Lipinski definition) is 5. The summed E-state index contributed by atoms with van der Waals surface area (Å²) in [6.45, 7) is 1.22. The third kappa shape index (κ3) is 4.51. The van der Waals surface area contributed by atoms with Crippen molar-refractivity contribution in [1.29, 1.82) is 0 Å². The third-order valence-corrected chi connectivity index (χ3v) is 2.43. The van der Waals surface area contributed by atoms with E-state index in [4.69, 9.17) is 5.11 Å². The van der Waals surface area contributed by atoms with E-state index < -0.39 is 23.0 Å². The number of carbonyl (C=O) groups is 3. The summed E-state index contributed by atoms with van der Waals surface area (Å²) in [5.41, 5.74) is 0. The summed E-state index contributed by atoms with van der Waals surface area (Å²) in [5, 5.41) is 7.29. The van der Waals surface area contributed by atoms with Crippen molar-refractivity contribution >= 4 is 29.5 Å². The van der Waals surface area contributed by atoms with Gasteiger partial charge in [-0.15, -0.1) is 11.8 Å². The number of ether oxygens (including phenoxy) is 1. The van der Waals surface area contributed by atoms with Gasteiger partial charge in [0.1, 0.15) is 0 Å². The van der Waals surface area contributed by atoms with Crippen LogP contribution < -0.4 is 0 Å². The smallest absolute Gasteiger partial charge is 0.326 e. The molecule has 0 saturated carbocycles. The maximum absolute atomic E-state index is 10.9. The van der Waals surface area contributed by atoms with Crippen LogP contribution in [0.5, 0.6) is 0 Å². The van der Waals surface area contributed by atoms with Gasteiger partial charge in [0.25, 0.3) is 0 Å². The lowest BCUT2D eigenvalue weighted by molar-refractivity contribution is -0.142. The van der Waals surface area contributed by atoms with Crippen molar-refractivity contribution in [2.24, 2.45) is 0 Å². The maximum atomic E-state index is 10.9. The molecule has 0 aromatic carbocycles. The molecule has 0 aliphatic heterocycles. The molecule has 0 saturated heterocycles. The molecule has 0 aliphatic rings. The molecular formula is C7H10O5S. The van der Waals surface area contributed by atoms with Gasteiger partial charge in [-0.25, -0.2) is 0 Å². The Morgan fingerprint density at radius 1 is 1.46 bits per heavy atom. The molecule has 13 heavy (non-hydrogen) atoms. The van der Waals surface area contributed by atoms with Crippen LogP contribution in [-0.4, -0.2) is 40.9 Å². The second-order valence-electron chi connectivity index (χ2n) is 2.22. The minimum Gasteiger partial charge on any atom is -0.481 e. The Morgan fingerprint density at radius 2 is 2.00 bits per heavy atom. The predicted molar refractivity (Wildman–Crippen MR) is 46.6 cm³/mol. The van der Waals surface area contributed by atoms with Crippen molar-refractivity contribution in [1.82, 2.24) is 0 Å². The van der Waals surface area contributed by atoms with Crippen molar-refractivity contribution in [2.45, 2.75) is 12.2 Å². The average Bonchev–Trinajstić information content (AvgIpc) is 2.03. The summed E-state index contributed by atoms with van der Waals surface area (Å²) in [5.74, 6) is -2.48. The Bertz CT molecular complexity index is 225. The van der Waals surface area contributed by atoms with E-state index in [0.717, 1.165) is 18.9 Å². The highest BCUT2D eigenvalue weighted by molar-refractivity contribution is 8.01. The van der Waals surface area contributed by atoms with E-state index in [2.05, 4.69) is 4.74 Å². The summed E-state index contributed by atoms with van der Waals surface area (Å²) in [4.78, 5) is 31.9. The zero-order valence-corrected chi connectivity index (χ0v) is 8.09. The number of hydrogen-bond donors (Lipinski definition) is 1. The number of esters is 1. The zero-order chi connectivity index (χ0) is 10.4. The van der Waals surface area contributed by atoms with Crippen molar-refractivity contribution in [3.63, 3.8) is 0 Å². The molecule has 0 aliphatic carbocycles. The average molecular weight is 206 g/mol. The molecule has 0 amide bonds. The van der Waals surface area contributed by atoms with Gasteiger partial charge in [-0.1, -0.05) is 0 Å². The van der Waals surface area contributed by atoms with Crippen LogP contribution in [0, 0.1) is 0 Å². The quantitative estimate of drug-likeness (QED) is 0.501. The van der Waals surface area contributed by atoms with Crippen LogP contribution in [0.2, 0.25) is 0 Å². The van der Waals surface area contributed by atoms with E-state index in [1.807, 2.05) is 0 Å². The minimum atomic E-state index is -1.07. The molecule has 1 N–H and O–H groups in total. The fourth-order valence-electron chi connectivity index (χ4n) is 0.613. The number of carbonyl (C=O) groups excluding carboxylic acids is 2. The fraction of sp³-hybridized carbons (Fsp3) is 0.571. The largest absolute Gasteiger partial charge is 0.481 e. The minimum absolute atomic E-state index is 0.292. The molecule has 6 heteroatoms. The standard InChI is InChI=1S/C7H10O5S/c1-4(8)6(7(11)12-2)13-3-5(9)10/h6H,3H2,1-2H3,(H,9,10). The first-order valence-corrected chi connectivity index (χ1v) is 4.45. The van der Waals surface area contributed by atoms with E-state index in [1.54, 1.807) is 0 Å². The lowest BCUT2D eigenvalue weighted by atomic mass is 10.3. The summed E-state index contributed by atoms with van der Waals surface area (Å²) in [6.07, 6.45) is 0. The Hall–Kier alpha value is -1.04. The summed E-state index contributed by atoms with van der Waals surface area (Å²) in [6, 6.07) is 0. The maximum Gasteiger partial charge on any atom is 0.326 e. The second kappa shape index (κ2) is 5.58. The fourth-order valence-corrected chi connectivity index (χ4v) is 1.39. The lowest BCUT2D eigenvalue weighted by Crippen LogP contribution is -2.27. The molecule has 74 valence electrons. The van der Waals surface area contributed by atoms with E-state index in [9.17, 15) is 14.4 Å². The Balaban J connectivity index is 4.18. The van der Waals surface area contributed by atoms with Gasteiger partial charge in [0, 0.05) is 0 Å². The normalized spacial score (nSPS) is 11.8. The van der Waals surface area contributed by atoms with Gasteiger partial charge < -0.3 is 9.84 Å². The summed E-state index contributed by atoms with van der Waals surface area (Å²) < 4.78 is 4.33. The molecular weight excluding hydrogens is 196 g/mol. The molecule has 0 radical (unpaired) electrons. The van der Waals surface area contributed by atoms with Gasteiger partial charge in [-0.05, 0) is 6.92 Å². The predicted octanol–water partition coefficient (Wildman–Crippen LogP) is -0.0652. The van der Waals surface area contributed by atoms with Gasteiger partial charge in [-0.2, -0.15) is 0 Å². The summed E-state index contributed by atoms with van der Waals surface area (Å²) in [7, 11) is 1.15. The number of Topliss-reactive ketones (excluding diaryl/α,β-unsaturated/α-hetero) is 1. The topological polar surface area (TPSA) is 80.7 Å². The molecule has 0 bridgehead atoms. The SMILES string of the molecule is COC(=O)C(SCC(=O)O)C(C)=O. The first-order valence-electron chi connectivity index (χ1n) is 3.40. The number of carboxylic acid groups (broad SMARTS) is 1. The molecule has 0 heterocycles. The number of carboxylic acids is 1. The van der Waals surface area contributed by atoms with Crippen LogP contribution in [-0.2, 0) is 19.1 Å². The molecule has 5 nitrogen and oxygen atoms in total. The second-order valence-corrected chi connectivity index (χ2v) is 3.31. The van der Waals surface area contributed by atoms with Crippen LogP contribution in [0.25, 0.3) is 0 Å². The summed E-state index contributed by atoms with van der Waals surface area (Å²) >= 11 is 0.747. The first kappa shape index (κ1) is 12.0. The molecule has 0 aromatic rings. The van der Waals surface area contributed by atoms with Crippen LogP contribution in [0.4, 0.5) is 0 Å². The van der Waals surface area contributed by atoms with Crippen molar-refractivity contribution in [2.75, 3.05) is 12.9 Å². The molecule has 0 fully saturated rings. The van der Waals surface area contributed by atoms with Crippen molar-refractivity contribution in [3.8, 4) is 0 Å². The monoisotopic (exact) mass is 206 g/mol. The van der Waals surface area contributed by atoms with E-state index in [1.165, 1.54) is 6.92 Å². The van der Waals surface area contributed by atoms with Crippen molar-refractivity contribution < 1.29 is 24.2 Å².